The fourth-order valence-corrected chi connectivity index (χ4v) is 5.42. The third kappa shape index (κ3) is 3.64. The predicted octanol–water partition coefficient (Wildman–Crippen LogP) is 3.96. The van der Waals surface area contributed by atoms with Gasteiger partial charge in [-0.05, 0) is 68.7 Å². The number of rotatable bonds is 4. The van der Waals surface area contributed by atoms with Crippen LogP contribution in [0.1, 0.15) is 72.1 Å². The molecule has 0 amide bonds. The van der Waals surface area contributed by atoms with E-state index in [2.05, 4.69) is 31.4 Å². The van der Waals surface area contributed by atoms with Gasteiger partial charge in [0.1, 0.15) is 0 Å². The van der Waals surface area contributed by atoms with Crippen molar-refractivity contribution in [3.8, 4) is 0 Å². The van der Waals surface area contributed by atoms with Gasteiger partial charge in [-0.2, -0.15) is 0 Å². The van der Waals surface area contributed by atoms with Crippen LogP contribution in [0.5, 0.6) is 0 Å². The van der Waals surface area contributed by atoms with E-state index < -0.39 is 0 Å². The van der Waals surface area contributed by atoms with E-state index >= 15 is 0 Å². The molecule has 6 unspecified atom stereocenters. The van der Waals surface area contributed by atoms with Crippen molar-refractivity contribution < 1.29 is 0 Å². The van der Waals surface area contributed by atoms with E-state index in [1.54, 1.807) is 0 Å². The highest BCUT2D eigenvalue weighted by Gasteiger charge is 2.38. The molecule has 3 aliphatic rings. The summed E-state index contributed by atoms with van der Waals surface area (Å²) in [6, 6.07) is 2.38. The average Bonchev–Trinajstić information content (AvgIpc) is 3.08. The van der Waals surface area contributed by atoms with Crippen LogP contribution in [0.3, 0.4) is 0 Å². The van der Waals surface area contributed by atoms with E-state index in [0.29, 0.717) is 0 Å². The van der Waals surface area contributed by atoms with Gasteiger partial charge in [0.2, 0.25) is 0 Å². The molecule has 1 aliphatic heterocycles. The minimum Gasteiger partial charge on any atom is -0.314 e. The summed E-state index contributed by atoms with van der Waals surface area (Å²) < 4.78 is 0. The van der Waals surface area contributed by atoms with Crippen molar-refractivity contribution in [3.05, 3.63) is 0 Å². The van der Waals surface area contributed by atoms with Crippen LogP contribution >= 0.6 is 0 Å². The highest BCUT2D eigenvalue weighted by atomic mass is 15.0. The summed E-state index contributed by atoms with van der Waals surface area (Å²) >= 11 is 0. The molecular formula is C19H36N2. The lowest BCUT2D eigenvalue weighted by Gasteiger charge is -2.41. The third-order valence-electron chi connectivity index (χ3n) is 6.64. The number of nitrogens with one attached hydrogen (secondary N) is 2. The molecule has 2 aliphatic carbocycles. The van der Waals surface area contributed by atoms with Crippen LogP contribution in [0, 0.1) is 23.7 Å². The molecule has 2 N–H and O–H groups in total. The maximum Gasteiger partial charge on any atom is 0.0113 e. The molecule has 0 spiro atoms. The van der Waals surface area contributed by atoms with E-state index in [1.165, 1.54) is 57.9 Å². The second kappa shape index (κ2) is 7.00. The maximum atomic E-state index is 4.17. The zero-order chi connectivity index (χ0) is 14.8. The summed E-state index contributed by atoms with van der Waals surface area (Å²) in [5.74, 6) is 3.55. The normalized spacial score (nSPS) is 44.6. The predicted molar refractivity (Wildman–Crippen MR) is 90.4 cm³/mol. The van der Waals surface area contributed by atoms with Crippen LogP contribution in [0.4, 0.5) is 0 Å². The Kier molecular flexibility index (Phi) is 5.27. The van der Waals surface area contributed by atoms with Gasteiger partial charge in [0.25, 0.3) is 0 Å². The molecule has 2 saturated carbocycles. The second-order valence-electron chi connectivity index (χ2n) is 8.50. The summed E-state index contributed by atoms with van der Waals surface area (Å²) in [5, 5.41) is 7.94. The fourth-order valence-electron chi connectivity index (χ4n) is 5.42. The molecule has 3 fully saturated rings. The minimum atomic E-state index is 0.778. The molecule has 2 nitrogen and oxygen atoms in total. The largest absolute Gasteiger partial charge is 0.314 e. The summed E-state index contributed by atoms with van der Waals surface area (Å²) in [6.45, 7) is 8.57. The molecular weight excluding hydrogens is 256 g/mol. The molecule has 0 aromatic rings. The minimum absolute atomic E-state index is 0.778. The van der Waals surface area contributed by atoms with E-state index in [9.17, 15) is 0 Å². The average molecular weight is 293 g/mol. The van der Waals surface area contributed by atoms with E-state index in [0.717, 1.165) is 41.8 Å². The highest BCUT2D eigenvalue weighted by molar-refractivity contribution is 4.96. The summed E-state index contributed by atoms with van der Waals surface area (Å²) in [5.41, 5.74) is 0. The highest BCUT2D eigenvalue weighted by Crippen LogP contribution is 2.37. The molecule has 0 radical (unpaired) electrons. The van der Waals surface area contributed by atoms with Crippen LogP contribution in [0.2, 0.25) is 0 Å². The summed E-state index contributed by atoms with van der Waals surface area (Å²) in [4.78, 5) is 0. The van der Waals surface area contributed by atoms with Crippen molar-refractivity contribution >= 4 is 0 Å². The Balaban J connectivity index is 1.62. The van der Waals surface area contributed by atoms with Gasteiger partial charge in [-0.25, -0.2) is 0 Å². The first-order valence-corrected chi connectivity index (χ1v) is 9.64. The van der Waals surface area contributed by atoms with Crippen molar-refractivity contribution in [1.29, 1.82) is 0 Å². The van der Waals surface area contributed by atoms with Crippen LogP contribution < -0.4 is 10.6 Å². The zero-order valence-electron chi connectivity index (χ0n) is 14.4. The second-order valence-corrected chi connectivity index (χ2v) is 8.50. The van der Waals surface area contributed by atoms with Crippen LogP contribution in [0.15, 0.2) is 0 Å². The van der Waals surface area contributed by atoms with Crippen molar-refractivity contribution in [2.24, 2.45) is 23.7 Å². The van der Waals surface area contributed by atoms with Crippen molar-refractivity contribution in [3.63, 3.8) is 0 Å². The Morgan fingerprint density at radius 1 is 0.952 bits per heavy atom. The monoisotopic (exact) mass is 292 g/mol. The van der Waals surface area contributed by atoms with Crippen LogP contribution in [0.25, 0.3) is 0 Å². The number of hydrogen-bond acceptors (Lipinski definition) is 2. The first-order valence-electron chi connectivity index (χ1n) is 9.64. The lowest BCUT2D eigenvalue weighted by atomic mass is 9.73. The third-order valence-corrected chi connectivity index (χ3v) is 6.64. The summed E-state index contributed by atoms with van der Waals surface area (Å²) in [6.07, 6.45) is 11.4. The van der Waals surface area contributed by atoms with Crippen molar-refractivity contribution in [1.82, 2.24) is 10.6 Å². The molecule has 1 saturated heterocycles. The van der Waals surface area contributed by atoms with E-state index in [1.807, 2.05) is 0 Å². The van der Waals surface area contributed by atoms with E-state index in [4.69, 9.17) is 0 Å². The molecule has 122 valence electrons. The molecule has 0 bridgehead atoms. The standard InChI is InChI=1S/C19H36N2/c1-13(2)15-10-9-14(3)12-19(15)21-18-7-4-6-16(18)17-8-5-11-20-17/h13-21H,4-12H2,1-3H3. The Hall–Kier alpha value is -0.0800. The molecule has 3 rings (SSSR count). The SMILES string of the molecule is CC1CCC(C(C)C)C(NC2CCCC2C2CCCN2)C1. The molecule has 1 heterocycles. The fraction of sp³-hybridized carbons (Fsp3) is 1.00. The Morgan fingerprint density at radius 3 is 2.52 bits per heavy atom. The van der Waals surface area contributed by atoms with Gasteiger partial charge in [-0.3, -0.25) is 0 Å². The Labute approximate surface area is 131 Å². The van der Waals surface area contributed by atoms with Crippen molar-refractivity contribution in [2.45, 2.75) is 90.3 Å². The van der Waals surface area contributed by atoms with Crippen LogP contribution in [-0.4, -0.2) is 24.7 Å². The quantitative estimate of drug-likeness (QED) is 0.819. The summed E-state index contributed by atoms with van der Waals surface area (Å²) in [7, 11) is 0. The topological polar surface area (TPSA) is 24.1 Å². The van der Waals surface area contributed by atoms with Gasteiger partial charge < -0.3 is 10.6 Å². The van der Waals surface area contributed by atoms with Gasteiger partial charge in [-0.1, -0.05) is 33.6 Å². The van der Waals surface area contributed by atoms with Gasteiger partial charge >= 0.3 is 0 Å². The Morgan fingerprint density at radius 2 is 1.81 bits per heavy atom. The van der Waals surface area contributed by atoms with Gasteiger partial charge in [0.05, 0.1) is 0 Å². The lowest BCUT2D eigenvalue weighted by Crippen LogP contribution is -2.51. The van der Waals surface area contributed by atoms with Crippen molar-refractivity contribution in [2.75, 3.05) is 6.54 Å². The molecule has 6 atom stereocenters. The number of hydrogen-bond donors (Lipinski definition) is 2. The smallest absolute Gasteiger partial charge is 0.0113 e. The first kappa shape index (κ1) is 15.8. The maximum absolute atomic E-state index is 4.17. The van der Waals surface area contributed by atoms with Crippen LogP contribution in [-0.2, 0) is 0 Å². The Bertz CT molecular complexity index is 322. The van der Waals surface area contributed by atoms with Gasteiger partial charge in [-0.15, -0.1) is 0 Å². The molecule has 2 heteroatoms. The molecule has 0 aromatic heterocycles. The van der Waals surface area contributed by atoms with Gasteiger partial charge in [0.15, 0.2) is 0 Å². The van der Waals surface area contributed by atoms with Gasteiger partial charge in [0, 0.05) is 18.1 Å². The lowest BCUT2D eigenvalue weighted by molar-refractivity contribution is 0.147. The molecule has 0 aromatic carbocycles. The molecule has 21 heavy (non-hydrogen) atoms. The first-order chi connectivity index (χ1) is 10.1. The zero-order valence-corrected chi connectivity index (χ0v) is 14.4. The van der Waals surface area contributed by atoms with E-state index in [-0.39, 0.29) is 0 Å².